The van der Waals surface area contributed by atoms with E-state index < -0.39 is 0 Å². The molecule has 0 N–H and O–H groups in total. The summed E-state index contributed by atoms with van der Waals surface area (Å²) in [6.07, 6.45) is 1.82. The predicted molar refractivity (Wildman–Crippen MR) is 101 cm³/mol. The van der Waals surface area contributed by atoms with E-state index in [4.69, 9.17) is 5.26 Å². The SMILES string of the molecule is N#Cc1ccc(N2CCC(Sc3ccc(CBr)c(F)c3)CC2)c(F)c1. The zero-order chi connectivity index (χ0) is 17.8. The summed E-state index contributed by atoms with van der Waals surface area (Å²) in [6, 6.07) is 11.9. The van der Waals surface area contributed by atoms with Crippen molar-refractivity contribution in [3.05, 3.63) is 59.2 Å². The van der Waals surface area contributed by atoms with Crippen LogP contribution >= 0.6 is 27.7 Å². The predicted octanol–water partition coefficient (Wildman–Crippen LogP) is 5.49. The first-order valence-electron chi connectivity index (χ1n) is 8.06. The molecular formula is C19H17BrF2N2S. The van der Waals surface area contributed by atoms with E-state index in [1.165, 1.54) is 6.07 Å². The van der Waals surface area contributed by atoms with Crippen LogP contribution in [-0.2, 0) is 5.33 Å². The monoisotopic (exact) mass is 422 g/mol. The zero-order valence-corrected chi connectivity index (χ0v) is 15.9. The molecule has 1 saturated heterocycles. The van der Waals surface area contributed by atoms with Crippen molar-refractivity contribution < 1.29 is 8.78 Å². The summed E-state index contributed by atoms with van der Waals surface area (Å²) >= 11 is 4.96. The van der Waals surface area contributed by atoms with Crippen LogP contribution < -0.4 is 4.90 Å². The van der Waals surface area contributed by atoms with Gasteiger partial charge in [0, 0.05) is 28.6 Å². The molecule has 130 valence electrons. The number of benzene rings is 2. The third-order valence-electron chi connectivity index (χ3n) is 4.33. The second kappa shape index (κ2) is 8.20. The normalized spacial score (nSPS) is 15.2. The van der Waals surface area contributed by atoms with Crippen molar-refractivity contribution in [2.75, 3.05) is 18.0 Å². The van der Waals surface area contributed by atoms with Gasteiger partial charge in [-0.05, 0) is 48.7 Å². The Kier molecular flexibility index (Phi) is 5.98. The Bertz CT molecular complexity index is 798. The Hall–Kier alpha value is -1.58. The molecule has 1 aliphatic rings. The summed E-state index contributed by atoms with van der Waals surface area (Å²) < 4.78 is 28.0. The molecule has 0 spiro atoms. The Morgan fingerprint density at radius 2 is 1.88 bits per heavy atom. The van der Waals surface area contributed by atoms with Crippen molar-refractivity contribution in [3.8, 4) is 6.07 Å². The number of hydrogen-bond acceptors (Lipinski definition) is 3. The highest BCUT2D eigenvalue weighted by Gasteiger charge is 2.22. The zero-order valence-electron chi connectivity index (χ0n) is 13.5. The van der Waals surface area contributed by atoms with Crippen LogP contribution in [-0.4, -0.2) is 18.3 Å². The lowest BCUT2D eigenvalue weighted by molar-refractivity contribution is 0.565. The molecule has 0 aliphatic carbocycles. The lowest BCUT2D eigenvalue weighted by Gasteiger charge is -2.33. The summed E-state index contributed by atoms with van der Waals surface area (Å²) in [5, 5.41) is 9.74. The van der Waals surface area contributed by atoms with E-state index in [1.807, 2.05) is 23.1 Å². The molecule has 1 heterocycles. The molecule has 0 bridgehead atoms. The highest BCUT2D eigenvalue weighted by molar-refractivity contribution is 9.08. The largest absolute Gasteiger partial charge is 0.369 e. The van der Waals surface area contributed by atoms with Crippen LogP contribution in [0.4, 0.5) is 14.5 Å². The van der Waals surface area contributed by atoms with Crippen LogP contribution in [0.1, 0.15) is 24.0 Å². The van der Waals surface area contributed by atoms with Crippen LogP contribution in [0.5, 0.6) is 0 Å². The average Bonchev–Trinajstić information content (AvgIpc) is 2.62. The molecule has 1 aliphatic heterocycles. The van der Waals surface area contributed by atoms with Crippen LogP contribution in [0.15, 0.2) is 41.3 Å². The van der Waals surface area contributed by atoms with E-state index >= 15 is 0 Å². The highest BCUT2D eigenvalue weighted by Crippen LogP contribution is 2.33. The minimum atomic E-state index is -0.349. The molecule has 0 unspecified atom stereocenters. The Balaban J connectivity index is 1.60. The first-order valence-corrected chi connectivity index (χ1v) is 10.1. The van der Waals surface area contributed by atoms with E-state index in [0.717, 1.165) is 30.8 Å². The van der Waals surface area contributed by atoms with Crippen LogP contribution in [0.3, 0.4) is 0 Å². The van der Waals surface area contributed by atoms with Crippen molar-refractivity contribution in [1.29, 1.82) is 5.26 Å². The number of halogens is 3. The van der Waals surface area contributed by atoms with Crippen LogP contribution in [0.2, 0.25) is 0 Å². The second-order valence-electron chi connectivity index (χ2n) is 5.97. The van der Waals surface area contributed by atoms with Crippen molar-refractivity contribution in [2.45, 2.75) is 28.3 Å². The molecule has 25 heavy (non-hydrogen) atoms. The van der Waals surface area contributed by atoms with Gasteiger partial charge in [0.1, 0.15) is 11.6 Å². The Labute approximate surface area is 159 Å². The molecule has 2 aromatic rings. The molecular weight excluding hydrogens is 406 g/mol. The molecule has 0 saturated carbocycles. The van der Waals surface area contributed by atoms with Crippen LogP contribution in [0, 0.1) is 23.0 Å². The van der Waals surface area contributed by atoms with E-state index in [9.17, 15) is 8.78 Å². The van der Waals surface area contributed by atoms with Gasteiger partial charge in [-0.3, -0.25) is 0 Å². The number of anilines is 1. The van der Waals surface area contributed by atoms with Gasteiger partial charge in [0.25, 0.3) is 0 Å². The fraction of sp³-hybridized carbons (Fsp3) is 0.316. The minimum absolute atomic E-state index is 0.182. The van der Waals surface area contributed by atoms with E-state index in [2.05, 4.69) is 15.9 Å². The molecule has 3 rings (SSSR count). The summed E-state index contributed by atoms with van der Waals surface area (Å²) in [5.41, 5.74) is 1.55. The molecule has 0 atom stereocenters. The second-order valence-corrected chi connectivity index (χ2v) is 7.90. The van der Waals surface area contributed by atoms with Gasteiger partial charge < -0.3 is 4.90 Å². The molecule has 2 nitrogen and oxygen atoms in total. The number of rotatable bonds is 4. The van der Waals surface area contributed by atoms with E-state index in [0.29, 0.717) is 27.4 Å². The number of nitrogens with zero attached hydrogens (tertiary/aromatic N) is 2. The maximum Gasteiger partial charge on any atom is 0.147 e. The third kappa shape index (κ3) is 4.34. The first kappa shape index (κ1) is 18.2. The Morgan fingerprint density at radius 3 is 2.48 bits per heavy atom. The number of thioether (sulfide) groups is 1. The summed E-state index contributed by atoms with van der Waals surface area (Å²) in [5.74, 6) is -0.531. The lowest BCUT2D eigenvalue weighted by atomic mass is 10.1. The van der Waals surface area contributed by atoms with Gasteiger partial charge in [-0.15, -0.1) is 11.8 Å². The van der Waals surface area contributed by atoms with Gasteiger partial charge in [0.05, 0.1) is 17.3 Å². The number of hydrogen-bond donors (Lipinski definition) is 0. The van der Waals surface area contributed by atoms with Gasteiger partial charge >= 0.3 is 0 Å². The molecule has 6 heteroatoms. The summed E-state index contributed by atoms with van der Waals surface area (Å²) in [4.78, 5) is 2.95. The quantitative estimate of drug-likeness (QED) is 0.609. The van der Waals surface area contributed by atoms with E-state index in [1.54, 1.807) is 30.0 Å². The smallest absolute Gasteiger partial charge is 0.147 e. The molecule has 1 fully saturated rings. The van der Waals surface area contributed by atoms with Crippen molar-refractivity contribution in [3.63, 3.8) is 0 Å². The number of piperidine rings is 1. The fourth-order valence-electron chi connectivity index (χ4n) is 2.95. The standard InChI is InChI=1S/C19H17BrF2N2S/c20-11-14-2-3-16(10-17(14)21)25-15-5-7-24(8-6-15)19-4-1-13(12-23)9-18(19)22/h1-4,9-10,15H,5-8,11H2. The average molecular weight is 423 g/mol. The van der Waals surface area contributed by atoms with Crippen molar-refractivity contribution in [2.24, 2.45) is 0 Å². The topological polar surface area (TPSA) is 27.0 Å². The van der Waals surface area contributed by atoms with Gasteiger partial charge in [0.15, 0.2) is 0 Å². The summed E-state index contributed by atoms with van der Waals surface area (Å²) in [7, 11) is 0. The maximum atomic E-state index is 14.1. The van der Waals surface area contributed by atoms with Crippen molar-refractivity contribution in [1.82, 2.24) is 0 Å². The maximum absolute atomic E-state index is 14.1. The molecule has 0 radical (unpaired) electrons. The Morgan fingerprint density at radius 1 is 1.12 bits per heavy atom. The van der Waals surface area contributed by atoms with Gasteiger partial charge in [-0.1, -0.05) is 22.0 Å². The van der Waals surface area contributed by atoms with Gasteiger partial charge in [-0.25, -0.2) is 8.78 Å². The number of nitriles is 1. The molecule has 0 amide bonds. The summed E-state index contributed by atoms with van der Waals surface area (Å²) in [6.45, 7) is 1.50. The molecule has 2 aromatic carbocycles. The number of alkyl halides is 1. The minimum Gasteiger partial charge on any atom is -0.369 e. The highest BCUT2D eigenvalue weighted by atomic mass is 79.9. The van der Waals surface area contributed by atoms with Crippen molar-refractivity contribution >= 4 is 33.4 Å². The fourth-order valence-corrected chi connectivity index (χ4v) is 4.55. The molecule has 0 aromatic heterocycles. The van der Waals surface area contributed by atoms with Gasteiger partial charge in [-0.2, -0.15) is 5.26 Å². The lowest BCUT2D eigenvalue weighted by Crippen LogP contribution is -2.35. The van der Waals surface area contributed by atoms with Gasteiger partial charge in [0.2, 0.25) is 0 Å². The van der Waals surface area contributed by atoms with Crippen LogP contribution in [0.25, 0.3) is 0 Å². The first-order chi connectivity index (χ1) is 12.1. The third-order valence-corrected chi connectivity index (χ3v) is 6.27. The van der Waals surface area contributed by atoms with E-state index in [-0.39, 0.29) is 11.6 Å².